The molecule has 0 aliphatic carbocycles. The summed E-state index contributed by atoms with van der Waals surface area (Å²) in [6.07, 6.45) is -9.43. The molecule has 9 heteroatoms. The summed E-state index contributed by atoms with van der Waals surface area (Å²) in [6, 6.07) is 6.36. The van der Waals surface area contributed by atoms with Crippen LogP contribution in [0.15, 0.2) is 42.5 Å². The zero-order chi connectivity index (χ0) is 20.3. The summed E-state index contributed by atoms with van der Waals surface area (Å²) in [5.41, 5.74) is -3.55. The quantitative estimate of drug-likeness (QED) is 0.419. The van der Waals surface area contributed by atoms with Crippen molar-refractivity contribution in [1.82, 2.24) is 0 Å². The molecule has 0 saturated carbocycles. The van der Waals surface area contributed by atoms with E-state index in [-0.39, 0.29) is 11.1 Å². The minimum Gasteiger partial charge on any atom is -0.450 e. The van der Waals surface area contributed by atoms with E-state index in [0.717, 1.165) is 19.1 Å². The molecule has 0 amide bonds. The average Bonchev–Trinajstić information content (AvgIpc) is 2.51. The Labute approximate surface area is 146 Å². The van der Waals surface area contributed by atoms with Crippen molar-refractivity contribution >= 4 is 11.9 Å². The van der Waals surface area contributed by atoms with Crippen molar-refractivity contribution in [2.75, 3.05) is 0 Å². The zero-order valence-electron chi connectivity index (χ0n) is 14.2. The van der Waals surface area contributed by atoms with Crippen LogP contribution in [0.4, 0.5) is 22.0 Å². The van der Waals surface area contributed by atoms with Crippen LogP contribution in [0.2, 0.25) is 0 Å². The standard InChI is InChI=1S/C17H17F5O4/c1-10(2)12(23)26-15(3,4)16(18,19)14(17(20,21)22)25-13(24)11-8-6-5-7-9-11/h5-9,14H,1H2,2-4H3. The van der Waals surface area contributed by atoms with Gasteiger partial charge in [0.15, 0.2) is 5.60 Å². The molecule has 0 fully saturated rings. The van der Waals surface area contributed by atoms with Gasteiger partial charge in [-0.05, 0) is 32.9 Å². The third kappa shape index (κ3) is 4.80. The van der Waals surface area contributed by atoms with E-state index in [1.807, 2.05) is 0 Å². The molecule has 0 aliphatic heterocycles. The van der Waals surface area contributed by atoms with Crippen LogP contribution in [0.5, 0.6) is 0 Å². The molecule has 26 heavy (non-hydrogen) atoms. The Hall–Kier alpha value is -2.45. The highest BCUT2D eigenvalue weighted by atomic mass is 19.4. The number of benzene rings is 1. The van der Waals surface area contributed by atoms with E-state index in [1.54, 1.807) is 0 Å². The van der Waals surface area contributed by atoms with E-state index in [4.69, 9.17) is 0 Å². The predicted octanol–water partition coefficient (Wildman–Crippen LogP) is 4.31. The second-order valence-electron chi connectivity index (χ2n) is 6.00. The first-order valence-corrected chi connectivity index (χ1v) is 7.29. The van der Waals surface area contributed by atoms with Crippen LogP contribution in [0.3, 0.4) is 0 Å². The summed E-state index contributed by atoms with van der Waals surface area (Å²) in [4.78, 5) is 23.3. The summed E-state index contributed by atoms with van der Waals surface area (Å²) < 4.78 is 77.2. The van der Waals surface area contributed by atoms with Gasteiger partial charge in [0.05, 0.1) is 5.56 Å². The van der Waals surface area contributed by atoms with E-state index in [9.17, 15) is 31.5 Å². The summed E-state index contributed by atoms with van der Waals surface area (Å²) in [7, 11) is 0. The molecular weight excluding hydrogens is 363 g/mol. The SMILES string of the molecule is C=C(C)C(=O)OC(C)(C)C(F)(F)C(OC(=O)c1ccccc1)C(F)(F)F. The second kappa shape index (κ2) is 7.43. The highest BCUT2D eigenvalue weighted by Gasteiger charge is 2.67. The summed E-state index contributed by atoms with van der Waals surface area (Å²) in [5, 5.41) is 0. The molecule has 1 aromatic carbocycles. The molecule has 1 aromatic rings. The van der Waals surface area contributed by atoms with Gasteiger partial charge in [0.1, 0.15) is 0 Å². The Kier molecular flexibility index (Phi) is 6.17. The van der Waals surface area contributed by atoms with Crippen molar-refractivity contribution in [3.8, 4) is 0 Å². The smallest absolute Gasteiger partial charge is 0.431 e. The molecule has 0 heterocycles. The van der Waals surface area contributed by atoms with Crippen LogP contribution in [-0.2, 0) is 14.3 Å². The Morgan fingerprint density at radius 2 is 1.54 bits per heavy atom. The van der Waals surface area contributed by atoms with Gasteiger partial charge in [-0.1, -0.05) is 24.8 Å². The highest BCUT2D eigenvalue weighted by Crippen LogP contribution is 2.43. The molecular formula is C17H17F5O4. The van der Waals surface area contributed by atoms with E-state index >= 15 is 0 Å². The summed E-state index contributed by atoms with van der Waals surface area (Å²) >= 11 is 0. The lowest BCUT2D eigenvalue weighted by Gasteiger charge is -2.38. The third-order valence-corrected chi connectivity index (χ3v) is 3.36. The van der Waals surface area contributed by atoms with E-state index < -0.39 is 35.7 Å². The van der Waals surface area contributed by atoms with Crippen molar-refractivity contribution in [3.63, 3.8) is 0 Å². The van der Waals surface area contributed by atoms with Crippen molar-refractivity contribution in [2.24, 2.45) is 0 Å². The average molecular weight is 380 g/mol. The Morgan fingerprint density at radius 1 is 1.04 bits per heavy atom. The second-order valence-corrected chi connectivity index (χ2v) is 6.00. The minimum absolute atomic E-state index is 0.279. The molecule has 0 spiro atoms. The maximum Gasteiger partial charge on any atom is 0.431 e. The van der Waals surface area contributed by atoms with Gasteiger partial charge in [0.2, 0.25) is 0 Å². The Bertz CT molecular complexity index is 680. The summed E-state index contributed by atoms with van der Waals surface area (Å²) in [5.74, 6) is -7.67. The van der Waals surface area contributed by atoms with Crippen molar-refractivity contribution < 1.29 is 41.0 Å². The number of alkyl halides is 5. The molecule has 0 radical (unpaired) electrons. The van der Waals surface area contributed by atoms with Crippen LogP contribution >= 0.6 is 0 Å². The largest absolute Gasteiger partial charge is 0.450 e. The van der Waals surface area contributed by atoms with Crippen LogP contribution in [0.1, 0.15) is 31.1 Å². The number of rotatable bonds is 6. The van der Waals surface area contributed by atoms with Crippen molar-refractivity contribution in [3.05, 3.63) is 48.0 Å². The predicted molar refractivity (Wildman–Crippen MR) is 81.6 cm³/mol. The molecule has 0 N–H and O–H groups in total. The molecule has 0 aromatic heterocycles. The maximum atomic E-state index is 14.6. The van der Waals surface area contributed by atoms with Crippen LogP contribution < -0.4 is 0 Å². The molecule has 0 aliphatic rings. The number of hydrogen-bond donors (Lipinski definition) is 0. The molecule has 1 unspecified atom stereocenters. The van der Waals surface area contributed by atoms with Crippen LogP contribution in [-0.4, -0.2) is 35.7 Å². The first-order chi connectivity index (χ1) is 11.7. The topological polar surface area (TPSA) is 52.6 Å². The lowest BCUT2D eigenvalue weighted by molar-refractivity contribution is -0.307. The van der Waals surface area contributed by atoms with Crippen LogP contribution in [0, 0.1) is 0 Å². The van der Waals surface area contributed by atoms with E-state index in [1.165, 1.54) is 18.2 Å². The number of carbonyl (C=O) groups excluding carboxylic acids is 2. The fraction of sp³-hybridized carbons (Fsp3) is 0.412. The molecule has 1 rings (SSSR count). The Balaban J connectivity index is 3.20. The maximum absolute atomic E-state index is 14.6. The van der Waals surface area contributed by atoms with Crippen molar-refractivity contribution in [1.29, 1.82) is 0 Å². The van der Waals surface area contributed by atoms with Gasteiger partial charge in [-0.3, -0.25) is 0 Å². The first-order valence-electron chi connectivity index (χ1n) is 7.29. The molecule has 144 valence electrons. The number of halogens is 5. The Morgan fingerprint density at radius 3 is 1.96 bits per heavy atom. The number of esters is 2. The minimum atomic E-state index is -5.61. The molecule has 1 atom stereocenters. The summed E-state index contributed by atoms with van der Waals surface area (Å²) in [6.45, 7) is 5.49. The third-order valence-electron chi connectivity index (χ3n) is 3.36. The van der Waals surface area contributed by atoms with Gasteiger partial charge in [0.25, 0.3) is 6.10 Å². The van der Waals surface area contributed by atoms with Gasteiger partial charge in [0, 0.05) is 5.57 Å². The number of hydrogen-bond acceptors (Lipinski definition) is 4. The lowest BCUT2D eigenvalue weighted by Crippen LogP contribution is -2.60. The van der Waals surface area contributed by atoms with Gasteiger partial charge < -0.3 is 9.47 Å². The molecule has 0 bridgehead atoms. The molecule has 0 saturated heterocycles. The number of ether oxygens (including phenoxy) is 2. The molecule has 4 nitrogen and oxygen atoms in total. The fourth-order valence-corrected chi connectivity index (χ4v) is 1.80. The van der Waals surface area contributed by atoms with Crippen molar-refractivity contribution in [2.45, 2.75) is 44.6 Å². The van der Waals surface area contributed by atoms with E-state index in [0.29, 0.717) is 13.8 Å². The number of carbonyl (C=O) groups is 2. The van der Waals surface area contributed by atoms with Gasteiger partial charge in [-0.25, -0.2) is 9.59 Å². The van der Waals surface area contributed by atoms with Gasteiger partial charge in [-0.2, -0.15) is 22.0 Å². The monoisotopic (exact) mass is 380 g/mol. The first kappa shape index (κ1) is 21.6. The zero-order valence-corrected chi connectivity index (χ0v) is 14.2. The van der Waals surface area contributed by atoms with Gasteiger partial charge >= 0.3 is 24.0 Å². The lowest BCUT2D eigenvalue weighted by atomic mass is 9.94. The highest BCUT2D eigenvalue weighted by molar-refractivity contribution is 5.89. The fourth-order valence-electron chi connectivity index (χ4n) is 1.80. The van der Waals surface area contributed by atoms with Gasteiger partial charge in [-0.15, -0.1) is 0 Å². The normalized spacial score (nSPS) is 13.7. The van der Waals surface area contributed by atoms with Crippen LogP contribution in [0.25, 0.3) is 0 Å². The van der Waals surface area contributed by atoms with E-state index in [2.05, 4.69) is 16.1 Å².